The molecule has 0 bridgehead atoms. The van der Waals surface area contributed by atoms with Gasteiger partial charge in [0.2, 0.25) is 11.8 Å². The predicted octanol–water partition coefficient (Wildman–Crippen LogP) is 4.85. The Balaban J connectivity index is 1.34. The topological polar surface area (TPSA) is 80.1 Å². The number of hydrogen-bond acceptors (Lipinski definition) is 5. The SMILES string of the molecule is Cc1nc(NC(=O)C2CC(=O)N(c3cccc4ccccc34)C2)sc1-c1nccn1C(F)F. The van der Waals surface area contributed by atoms with Crippen molar-refractivity contribution in [2.75, 3.05) is 16.8 Å². The smallest absolute Gasteiger partial charge is 0.311 e. The van der Waals surface area contributed by atoms with Gasteiger partial charge in [0.15, 0.2) is 11.0 Å². The van der Waals surface area contributed by atoms with Crippen LogP contribution in [0.15, 0.2) is 54.9 Å². The summed E-state index contributed by atoms with van der Waals surface area (Å²) in [7, 11) is 0. The van der Waals surface area contributed by atoms with E-state index in [1.54, 1.807) is 11.8 Å². The fraction of sp³-hybridized carbons (Fsp3) is 0.217. The molecule has 2 aromatic heterocycles. The maximum atomic E-state index is 13.2. The maximum absolute atomic E-state index is 13.2. The highest BCUT2D eigenvalue weighted by Crippen LogP contribution is 2.35. The minimum absolute atomic E-state index is 0.0854. The second kappa shape index (κ2) is 8.36. The van der Waals surface area contributed by atoms with E-state index in [1.807, 2.05) is 42.5 Å². The van der Waals surface area contributed by atoms with Gasteiger partial charge in [-0.15, -0.1) is 0 Å². The molecule has 33 heavy (non-hydrogen) atoms. The van der Waals surface area contributed by atoms with Crippen LogP contribution >= 0.6 is 11.3 Å². The number of carbonyl (C=O) groups is 2. The summed E-state index contributed by atoms with van der Waals surface area (Å²) < 4.78 is 27.2. The van der Waals surface area contributed by atoms with Gasteiger partial charge in [-0.1, -0.05) is 47.7 Å². The number of benzene rings is 2. The Morgan fingerprint density at radius 1 is 1.21 bits per heavy atom. The summed E-state index contributed by atoms with van der Waals surface area (Å²) in [4.78, 5) is 36.1. The van der Waals surface area contributed by atoms with E-state index < -0.39 is 12.5 Å². The number of nitrogens with zero attached hydrogens (tertiary/aromatic N) is 4. The monoisotopic (exact) mass is 467 g/mol. The van der Waals surface area contributed by atoms with E-state index >= 15 is 0 Å². The third-order valence-corrected chi connectivity index (χ3v) is 6.73. The minimum Gasteiger partial charge on any atom is -0.311 e. The summed E-state index contributed by atoms with van der Waals surface area (Å²) in [6, 6.07) is 13.5. The molecule has 1 atom stereocenters. The van der Waals surface area contributed by atoms with E-state index in [0.717, 1.165) is 32.4 Å². The largest absolute Gasteiger partial charge is 0.320 e. The Morgan fingerprint density at radius 3 is 2.82 bits per heavy atom. The minimum atomic E-state index is -2.73. The lowest BCUT2D eigenvalue weighted by Gasteiger charge is -2.18. The number of carbonyl (C=O) groups excluding carboxylic acids is 2. The molecule has 1 unspecified atom stereocenters. The van der Waals surface area contributed by atoms with E-state index in [-0.39, 0.29) is 35.7 Å². The van der Waals surface area contributed by atoms with Crippen LogP contribution in [0.1, 0.15) is 18.7 Å². The summed E-state index contributed by atoms with van der Waals surface area (Å²) in [5, 5.41) is 5.00. The summed E-state index contributed by atoms with van der Waals surface area (Å²) in [6.07, 6.45) is 2.58. The predicted molar refractivity (Wildman–Crippen MR) is 122 cm³/mol. The molecule has 5 rings (SSSR count). The summed E-state index contributed by atoms with van der Waals surface area (Å²) >= 11 is 1.08. The molecule has 1 aliphatic heterocycles. The van der Waals surface area contributed by atoms with Crippen molar-refractivity contribution in [3.05, 3.63) is 60.6 Å². The van der Waals surface area contributed by atoms with Gasteiger partial charge in [-0.05, 0) is 18.4 Å². The lowest BCUT2D eigenvalue weighted by atomic mass is 10.1. The number of alkyl halides is 2. The highest BCUT2D eigenvalue weighted by molar-refractivity contribution is 7.19. The molecule has 2 amide bonds. The Bertz CT molecular complexity index is 1360. The van der Waals surface area contributed by atoms with Crippen LogP contribution in [0.2, 0.25) is 0 Å². The number of fused-ring (bicyclic) bond motifs is 1. The van der Waals surface area contributed by atoms with Crippen molar-refractivity contribution in [1.29, 1.82) is 0 Å². The van der Waals surface area contributed by atoms with Crippen LogP contribution < -0.4 is 10.2 Å². The Labute approximate surface area is 191 Å². The standard InChI is InChI=1S/C23H19F2N5O2S/c1-13-19(20-26-9-10-29(20)22(24)25)33-23(27-13)28-21(32)15-11-18(31)30(12-15)17-8-4-6-14-5-2-3-7-16(14)17/h2-10,15,22H,11-12H2,1H3,(H,27,28,32). The third kappa shape index (κ3) is 3.86. The number of nitrogens with one attached hydrogen (secondary N) is 1. The number of aromatic nitrogens is 3. The van der Waals surface area contributed by atoms with Gasteiger partial charge in [-0.3, -0.25) is 14.2 Å². The zero-order chi connectivity index (χ0) is 23.1. The molecule has 1 N–H and O–H groups in total. The first-order valence-electron chi connectivity index (χ1n) is 10.3. The molecule has 0 saturated carbocycles. The molecule has 10 heteroatoms. The average Bonchev–Trinajstić information content (AvgIpc) is 3.51. The van der Waals surface area contributed by atoms with Gasteiger partial charge >= 0.3 is 6.55 Å². The van der Waals surface area contributed by atoms with Crippen LogP contribution in [-0.2, 0) is 9.59 Å². The number of halogens is 2. The third-order valence-electron chi connectivity index (χ3n) is 5.66. The van der Waals surface area contributed by atoms with E-state index in [9.17, 15) is 18.4 Å². The summed E-state index contributed by atoms with van der Waals surface area (Å²) in [6.45, 7) is -0.800. The van der Waals surface area contributed by atoms with Crippen molar-refractivity contribution in [3.63, 3.8) is 0 Å². The van der Waals surface area contributed by atoms with Gasteiger partial charge < -0.3 is 10.2 Å². The van der Waals surface area contributed by atoms with E-state index in [4.69, 9.17) is 0 Å². The lowest BCUT2D eigenvalue weighted by Crippen LogP contribution is -2.28. The lowest BCUT2D eigenvalue weighted by molar-refractivity contribution is -0.122. The Morgan fingerprint density at radius 2 is 2.00 bits per heavy atom. The molecule has 0 aliphatic carbocycles. The fourth-order valence-corrected chi connectivity index (χ4v) is 5.04. The number of anilines is 2. The Hall–Kier alpha value is -3.66. The normalized spacial score (nSPS) is 16.2. The van der Waals surface area contributed by atoms with Crippen molar-refractivity contribution >= 4 is 44.7 Å². The molecular weight excluding hydrogens is 448 g/mol. The van der Waals surface area contributed by atoms with Crippen LogP contribution in [0, 0.1) is 12.8 Å². The first kappa shape index (κ1) is 21.2. The summed E-state index contributed by atoms with van der Waals surface area (Å²) in [5.74, 6) is -0.907. The van der Waals surface area contributed by atoms with Gasteiger partial charge in [0, 0.05) is 30.7 Å². The zero-order valence-corrected chi connectivity index (χ0v) is 18.4. The maximum Gasteiger partial charge on any atom is 0.320 e. The van der Waals surface area contributed by atoms with Gasteiger partial charge in [-0.25, -0.2) is 9.97 Å². The number of imidazole rings is 1. The van der Waals surface area contributed by atoms with Gasteiger partial charge in [0.25, 0.3) is 0 Å². The van der Waals surface area contributed by atoms with Crippen LogP contribution in [0.3, 0.4) is 0 Å². The zero-order valence-electron chi connectivity index (χ0n) is 17.5. The number of aryl methyl sites for hydroxylation is 1. The van der Waals surface area contributed by atoms with Crippen molar-refractivity contribution in [1.82, 2.24) is 14.5 Å². The molecule has 2 aromatic carbocycles. The highest BCUT2D eigenvalue weighted by Gasteiger charge is 2.36. The molecule has 1 aliphatic rings. The molecular formula is C23H19F2N5O2S. The van der Waals surface area contributed by atoms with Gasteiger partial charge in [-0.2, -0.15) is 8.78 Å². The van der Waals surface area contributed by atoms with E-state index in [1.165, 1.54) is 12.4 Å². The van der Waals surface area contributed by atoms with Gasteiger partial charge in [0.1, 0.15) is 0 Å². The molecule has 4 aromatic rings. The number of rotatable bonds is 5. The molecule has 1 fully saturated rings. The van der Waals surface area contributed by atoms with Crippen LogP contribution in [0.25, 0.3) is 21.5 Å². The molecule has 0 spiro atoms. The van der Waals surface area contributed by atoms with Crippen molar-refractivity contribution in [2.24, 2.45) is 5.92 Å². The van der Waals surface area contributed by atoms with Crippen molar-refractivity contribution < 1.29 is 18.4 Å². The van der Waals surface area contributed by atoms with Crippen LogP contribution in [0.5, 0.6) is 0 Å². The second-order valence-corrected chi connectivity index (χ2v) is 8.76. The first-order chi connectivity index (χ1) is 15.9. The molecule has 0 radical (unpaired) electrons. The second-order valence-electron chi connectivity index (χ2n) is 7.76. The molecule has 3 heterocycles. The Kier molecular flexibility index (Phi) is 5.37. The molecule has 1 saturated heterocycles. The van der Waals surface area contributed by atoms with E-state index in [2.05, 4.69) is 15.3 Å². The van der Waals surface area contributed by atoms with Crippen LogP contribution in [-0.4, -0.2) is 32.9 Å². The quantitative estimate of drug-likeness (QED) is 0.455. The van der Waals surface area contributed by atoms with Crippen molar-refractivity contribution in [2.45, 2.75) is 19.9 Å². The van der Waals surface area contributed by atoms with E-state index in [0.29, 0.717) is 10.6 Å². The summed E-state index contributed by atoms with van der Waals surface area (Å²) in [5.41, 5.74) is 1.27. The fourth-order valence-electron chi connectivity index (χ4n) is 4.07. The molecule has 168 valence electrons. The first-order valence-corrected chi connectivity index (χ1v) is 11.1. The number of hydrogen-bond donors (Lipinski definition) is 1. The molecule has 7 nitrogen and oxygen atoms in total. The number of amides is 2. The highest BCUT2D eigenvalue weighted by atomic mass is 32.1. The van der Waals surface area contributed by atoms with Crippen molar-refractivity contribution in [3.8, 4) is 10.7 Å². The number of thiazole rings is 1. The van der Waals surface area contributed by atoms with Gasteiger partial charge in [0.05, 0.1) is 22.2 Å². The van der Waals surface area contributed by atoms with Crippen LogP contribution in [0.4, 0.5) is 19.6 Å². The average molecular weight is 468 g/mol.